The topological polar surface area (TPSA) is 263 Å². The van der Waals surface area contributed by atoms with Gasteiger partial charge in [-0.1, -0.05) is 40.5 Å². The van der Waals surface area contributed by atoms with Crippen LogP contribution in [0.1, 0.15) is 111 Å². The van der Waals surface area contributed by atoms with Crippen molar-refractivity contribution in [1.82, 2.24) is 25.1 Å². The number of hydrogen-bond donors (Lipinski definition) is 3. The van der Waals surface area contributed by atoms with E-state index in [2.05, 4.69) is 35.7 Å². The van der Waals surface area contributed by atoms with Gasteiger partial charge in [0.05, 0.1) is 6.04 Å². The Morgan fingerprint density at radius 3 is 1.29 bits per heavy atom. The lowest BCUT2D eigenvalue weighted by atomic mass is 9.82. The minimum absolute atomic E-state index is 0.0218. The Bertz CT molecular complexity index is 2160. The maximum Gasteiger partial charge on any atom is 0.426 e. The third-order valence-corrected chi connectivity index (χ3v) is 12.1. The van der Waals surface area contributed by atoms with E-state index in [4.69, 9.17) is 37.8 Å². The molecule has 3 aliphatic carbocycles. The lowest BCUT2D eigenvalue weighted by Gasteiger charge is -2.37. The Kier molecular flexibility index (Phi) is 19.8. The van der Waals surface area contributed by atoms with Crippen LogP contribution in [0.5, 0.6) is 0 Å². The van der Waals surface area contributed by atoms with Gasteiger partial charge in [-0.3, -0.25) is 0 Å². The summed E-state index contributed by atoms with van der Waals surface area (Å²) in [6.45, 7) is 19.9. The molecule has 0 aromatic carbocycles. The number of nitrogens with one attached hydrogen (secondary N) is 3. The molecule has 21 nitrogen and oxygen atoms in total. The summed E-state index contributed by atoms with van der Waals surface area (Å²) in [4.78, 5) is 107. The zero-order valence-corrected chi connectivity index (χ0v) is 38.9. The number of hydrogen-bond acceptors (Lipinski definition) is 16. The number of alkyl carbamates (subject to hydrolysis) is 3. The molecule has 0 spiro atoms. The quantitative estimate of drug-likeness (QED) is 0.0812. The van der Waals surface area contributed by atoms with Gasteiger partial charge in [-0.25, -0.2) is 52.5 Å². The van der Waals surface area contributed by atoms with Gasteiger partial charge in [-0.05, 0) is 96.3 Å². The zero-order valence-electron chi connectivity index (χ0n) is 38.9. The average Bonchev–Trinajstić information content (AvgIpc) is 3.25. The van der Waals surface area contributed by atoms with E-state index in [0.29, 0.717) is 44.9 Å². The fourth-order valence-corrected chi connectivity index (χ4v) is 8.16. The van der Waals surface area contributed by atoms with Crippen molar-refractivity contribution in [3.05, 3.63) is 63.2 Å². The van der Waals surface area contributed by atoms with E-state index >= 15 is 0 Å². The number of carbonyl (C=O) groups excluding carboxylic acids is 6. The monoisotopic (exact) mass is 930 g/mol. The van der Waals surface area contributed by atoms with Crippen LogP contribution in [0.3, 0.4) is 0 Å². The Hall–Kier alpha value is -6.15. The second kappa shape index (κ2) is 24.9. The van der Waals surface area contributed by atoms with Gasteiger partial charge in [0.15, 0.2) is 0 Å². The lowest BCUT2D eigenvalue weighted by molar-refractivity contribution is -0.140. The molecule has 3 fully saturated rings. The molecule has 0 bridgehead atoms. The number of carbonyl (C=O) groups is 6. The van der Waals surface area contributed by atoms with Gasteiger partial charge in [0.25, 0.3) is 0 Å². The molecule has 0 aliphatic heterocycles. The van der Waals surface area contributed by atoms with Gasteiger partial charge in [0.1, 0.15) is 39.6 Å². The molecule has 21 heteroatoms. The Balaban J connectivity index is 1.59. The first-order valence-electron chi connectivity index (χ1n) is 22.4. The molecule has 9 atom stereocenters. The van der Waals surface area contributed by atoms with Crippen LogP contribution in [-0.4, -0.2) is 109 Å². The minimum Gasteiger partial charge on any atom is -0.459 e. The molecule has 66 heavy (non-hydrogen) atoms. The molecule has 1 heterocycles. The summed E-state index contributed by atoms with van der Waals surface area (Å²) in [5, 5.41) is 8.57. The average molecular weight is 931 g/mol. The highest BCUT2D eigenvalue weighted by molar-refractivity contribution is 5.87. The molecule has 0 radical (unpaired) electrons. The molecule has 3 amide bonds. The summed E-state index contributed by atoms with van der Waals surface area (Å²) in [5.74, 6) is -2.81. The molecule has 1 aromatic heterocycles. The summed E-state index contributed by atoms with van der Waals surface area (Å²) < 4.78 is 39.2. The molecule has 1 aromatic rings. The summed E-state index contributed by atoms with van der Waals surface area (Å²) >= 11 is 0. The first-order valence-corrected chi connectivity index (χ1v) is 22.4. The SMILES string of the molecule is C=C(C)C(=O)OCCOC(=O)NC1CC(N=c2oc(=O)n(C3CCC(C)C(NC(=O)OCCOC(=O)C(=C)C)C3)c(=O)n2C2CCC(C)C(NC(=O)OCCOC(=O)C(=C)C)C2)CCC1C. The normalized spacial score (nSPS) is 25.2. The van der Waals surface area contributed by atoms with E-state index < -0.39 is 83.9 Å². The van der Waals surface area contributed by atoms with Crippen LogP contribution in [-0.2, 0) is 42.8 Å². The molecule has 4 rings (SSSR count). The van der Waals surface area contributed by atoms with Gasteiger partial charge in [-0.15, -0.1) is 0 Å². The van der Waals surface area contributed by atoms with E-state index in [1.807, 2.05) is 20.8 Å². The molecular formula is C45H66N6O15. The van der Waals surface area contributed by atoms with Crippen LogP contribution in [0.25, 0.3) is 0 Å². The summed E-state index contributed by atoms with van der Waals surface area (Å²) in [6, 6.07) is -3.14. The molecule has 3 N–H and O–H groups in total. The van der Waals surface area contributed by atoms with Crippen LogP contribution < -0.4 is 33.1 Å². The third-order valence-electron chi connectivity index (χ3n) is 12.1. The van der Waals surface area contributed by atoms with Gasteiger partial charge >= 0.3 is 53.3 Å². The number of nitrogens with zero attached hydrogens (tertiary/aromatic N) is 3. The highest BCUT2D eigenvalue weighted by Crippen LogP contribution is 2.33. The highest BCUT2D eigenvalue weighted by atomic mass is 16.6. The number of esters is 3. The van der Waals surface area contributed by atoms with Crippen molar-refractivity contribution < 1.29 is 61.6 Å². The summed E-state index contributed by atoms with van der Waals surface area (Å²) in [7, 11) is 0. The van der Waals surface area contributed by atoms with Crippen molar-refractivity contribution in [3.63, 3.8) is 0 Å². The van der Waals surface area contributed by atoms with Crippen LogP contribution in [0.2, 0.25) is 0 Å². The fourth-order valence-electron chi connectivity index (χ4n) is 8.16. The number of amides is 3. The molecular weight excluding hydrogens is 865 g/mol. The molecule has 9 unspecified atom stereocenters. The van der Waals surface area contributed by atoms with Crippen molar-refractivity contribution in [2.24, 2.45) is 22.7 Å². The lowest BCUT2D eigenvalue weighted by Crippen LogP contribution is -2.54. The van der Waals surface area contributed by atoms with Crippen LogP contribution in [0.15, 0.2) is 55.5 Å². The first-order chi connectivity index (χ1) is 31.2. The minimum atomic E-state index is -0.931. The van der Waals surface area contributed by atoms with Crippen molar-refractivity contribution in [2.75, 3.05) is 39.6 Å². The third kappa shape index (κ3) is 15.5. The maximum absolute atomic E-state index is 14.9. The highest BCUT2D eigenvalue weighted by Gasteiger charge is 2.37. The predicted molar refractivity (Wildman–Crippen MR) is 236 cm³/mol. The number of ether oxygens (including phenoxy) is 6. The largest absolute Gasteiger partial charge is 0.459 e. The van der Waals surface area contributed by atoms with Gasteiger partial charge in [0.2, 0.25) is 0 Å². The van der Waals surface area contributed by atoms with E-state index in [-0.39, 0.29) is 92.6 Å². The Morgan fingerprint density at radius 1 is 0.545 bits per heavy atom. The maximum atomic E-state index is 14.9. The second-order valence-electron chi connectivity index (χ2n) is 17.5. The van der Waals surface area contributed by atoms with Crippen molar-refractivity contribution in [2.45, 2.75) is 136 Å². The first kappa shape index (κ1) is 52.5. The molecule has 366 valence electrons. The Morgan fingerprint density at radius 2 is 0.894 bits per heavy atom. The molecule has 0 saturated heterocycles. The smallest absolute Gasteiger partial charge is 0.426 e. The summed E-state index contributed by atoms with van der Waals surface area (Å²) in [6.07, 6.45) is 1.76. The van der Waals surface area contributed by atoms with Crippen molar-refractivity contribution in [3.8, 4) is 0 Å². The van der Waals surface area contributed by atoms with Crippen LogP contribution in [0.4, 0.5) is 14.4 Å². The summed E-state index contributed by atoms with van der Waals surface area (Å²) in [5.41, 5.74) is -0.232. The standard InChI is InChI=1S/C45H66N6O15/c1-25(2)37(52)60-16-19-63-41(55)47-34-22-31(13-10-28(34)7)46-40-50(32-14-11-29(8)35(23-32)48-42(56)64-20-17-61-38(53)26(3)4)44(58)51(45(59)66-40)33-15-12-30(9)36(24-33)49-43(57)65-21-18-62-39(54)27(5)6/h28-36H,1,3,5,10-24H2,2,4,6-9H3,(H,47,55)(H,48,56)(H,49,57). The fraction of sp³-hybridized carbons (Fsp3) is 0.667. The number of rotatable bonds is 18. The van der Waals surface area contributed by atoms with E-state index in [0.717, 1.165) is 4.57 Å². The second-order valence-corrected chi connectivity index (χ2v) is 17.5. The number of aromatic nitrogens is 2. The van der Waals surface area contributed by atoms with Crippen molar-refractivity contribution >= 4 is 36.2 Å². The predicted octanol–water partition coefficient (Wildman–Crippen LogP) is 4.06. The zero-order chi connectivity index (χ0) is 48.7. The van der Waals surface area contributed by atoms with Gasteiger partial charge in [-0.2, -0.15) is 0 Å². The van der Waals surface area contributed by atoms with E-state index in [1.54, 1.807) is 0 Å². The van der Waals surface area contributed by atoms with E-state index in [9.17, 15) is 38.4 Å². The van der Waals surface area contributed by atoms with Crippen molar-refractivity contribution in [1.29, 1.82) is 0 Å². The van der Waals surface area contributed by atoms with Gasteiger partial charge in [0, 0.05) is 46.9 Å². The van der Waals surface area contributed by atoms with Gasteiger partial charge < -0.3 is 48.8 Å². The van der Waals surface area contributed by atoms with Crippen LogP contribution >= 0.6 is 0 Å². The molecule has 3 saturated carbocycles. The molecule has 3 aliphatic rings. The van der Waals surface area contributed by atoms with E-state index in [1.165, 1.54) is 25.3 Å². The Labute approximate surface area is 383 Å². The van der Waals surface area contributed by atoms with Crippen LogP contribution in [0, 0.1) is 17.8 Å².